The number of primary amides is 1. The lowest BCUT2D eigenvalue weighted by Gasteiger charge is -2.31. The summed E-state index contributed by atoms with van der Waals surface area (Å²) >= 11 is -0.172. The molecule has 0 radical (unpaired) electrons. The van der Waals surface area contributed by atoms with E-state index >= 15 is 0 Å². The van der Waals surface area contributed by atoms with Crippen molar-refractivity contribution >= 4 is 29.7 Å². The molecule has 5 nitrogen and oxygen atoms in total. The minimum Gasteiger partial charge on any atom is -0.369 e. The minimum absolute atomic E-state index is 0.0906. The van der Waals surface area contributed by atoms with Crippen LogP contribution in [-0.2, 0) is 9.59 Å². The Morgan fingerprint density at radius 3 is 2.64 bits per heavy atom. The summed E-state index contributed by atoms with van der Waals surface area (Å²) in [7, 11) is 0. The van der Waals surface area contributed by atoms with E-state index in [2.05, 4.69) is 10.2 Å². The first kappa shape index (κ1) is 22.3. The zero-order chi connectivity index (χ0) is 20.6. The van der Waals surface area contributed by atoms with Gasteiger partial charge in [0.1, 0.15) is 0 Å². The highest BCUT2D eigenvalue weighted by Gasteiger charge is 2.29. The van der Waals surface area contributed by atoms with E-state index in [0.717, 1.165) is 32.4 Å². The van der Waals surface area contributed by atoms with Crippen molar-refractivity contribution in [3.63, 3.8) is 0 Å². The molecule has 0 spiro atoms. The molecule has 1 aromatic rings. The third kappa shape index (κ3) is 8.35. The molecule has 2 rings (SSSR count). The molecule has 1 fully saturated rings. The number of amides is 2. The number of thioether (sulfide) groups is 1. The van der Waals surface area contributed by atoms with Crippen molar-refractivity contribution in [2.45, 2.75) is 29.7 Å². The van der Waals surface area contributed by atoms with Crippen LogP contribution in [0.2, 0.25) is 0 Å². The number of hydrogen-bond donors (Lipinski definition) is 2. The Hall–Kier alpha value is -2.00. The summed E-state index contributed by atoms with van der Waals surface area (Å²) < 4.78 is 36.9. The van der Waals surface area contributed by atoms with Gasteiger partial charge < -0.3 is 16.0 Å². The first-order valence-electron chi connectivity index (χ1n) is 9.06. The molecule has 1 unspecified atom stereocenters. The van der Waals surface area contributed by atoms with E-state index in [9.17, 15) is 22.8 Å². The fraction of sp³-hybridized carbons (Fsp3) is 0.474. The molecule has 9 heteroatoms. The summed E-state index contributed by atoms with van der Waals surface area (Å²) in [5, 5.41) is 2.77. The molecular formula is C19H24F3N3O2S. The minimum atomic E-state index is -4.31. The van der Waals surface area contributed by atoms with E-state index in [-0.39, 0.29) is 34.4 Å². The topological polar surface area (TPSA) is 75.4 Å². The van der Waals surface area contributed by atoms with Crippen molar-refractivity contribution in [1.29, 1.82) is 0 Å². The second-order valence-electron chi connectivity index (χ2n) is 6.64. The van der Waals surface area contributed by atoms with Gasteiger partial charge in [-0.05, 0) is 67.9 Å². The van der Waals surface area contributed by atoms with E-state index in [1.807, 2.05) is 0 Å². The number of nitrogens with one attached hydrogen (secondary N) is 1. The van der Waals surface area contributed by atoms with Crippen LogP contribution >= 0.6 is 11.8 Å². The van der Waals surface area contributed by atoms with Crippen LogP contribution in [-0.4, -0.2) is 48.4 Å². The van der Waals surface area contributed by atoms with Crippen LogP contribution in [0.1, 0.15) is 24.8 Å². The van der Waals surface area contributed by atoms with Crippen LogP contribution in [0.5, 0.6) is 0 Å². The molecule has 1 aliphatic rings. The van der Waals surface area contributed by atoms with E-state index < -0.39 is 5.51 Å². The maximum Gasteiger partial charge on any atom is 0.446 e. The number of nitrogens with zero attached hydrogens (tertiary/aromatic N) is 1. The molecular weight excluding hydrogens is 391 g/mol. The third-order valence-corrected chi connectivity index (χ3v) is 5.14. The molecule has 1 aliphatic heterocycles. The van der Waals surface area contributed by atoms with Gasteiger partial charge in [-0.2, -0.15) is 13.2 Å². The molecule has 0 bridgehead atoms. The first-order chi connectivity index (χ1) is 13.2. The van der Waals surface area contributed by atoms with Gasteiger partial charge in [-0.15, -0.1) is 0 Å². The van der Waals surface area contributed by atoms with Gasteiger partial charge in [0.2, 0.25) is 11.8 Å². The summed E-state index contributed by atoms with van der Waals surface area (Å²) in [6.45, 7) is 2.89. The molecule has 0 saturated carbocycles. The van der Waals surface area contributed by atoms with Crippen LogP contribution < -0.4 is 11.1 Å². The lowest BCUT2D eigenvalue weighted by molar-refractivity contribution is -0.123. The van der Waals surface area contributed by atoms with Gasteiger partial charge in [0, 0.05) is 24.1 Å². The van der Waals surface area contributed by atoms with Gasteiger partial charge >= 0.3 is 5.51 Å². The number of benzene rings is 1. The second-order valence-corrected chi connectivity index (χ2v) is 7.78. The zero-order valence-electron chi connectivity index (χ0n) is 15.4. The molecule has 154 valence electrons. The van der Waals surface area contributed by atoms with Gasteiger partial charge in [0.05, 0.1) is 5.92 Å². The quantitative estimate of drug-likeness (QED) is 0.389. The van der Waals surface area contributed by atoms with E-state index in [1.54, 1.807) is 6.08 Å². The highest BCUT2D eigenvalue weighted by atomic mass is 32.2. The van der Waals surface area contributed by atoms with Crippen molar-refractivity contribution in [3.05, 3.63) is 35.9 Å². The number of rotatable bonds is 8. The molecule has 0 aromatic heterocycles. The fourth-order valence-electron chi connectivity index (χ4n) is 3.02. The Morgan fingerprint density at radius 2 is 2.00 bits per heavy atom. The SMILES string of the molecule is NC(=O)C1CCCN(CCCNC(=O)/C=C/c2ccc(SC(F)(F)F)cc2)C1. The van der Waals surface area contributed by atoms with Gasteiger partial charge in [0.15, 0.2) is 0 Å². The summed E-state index contributed by atoms with van der Waals surface area (Å²) in [6.07, 6.45) is 5.45. The molecule has 3 N–H and O–H groups in total. The number of hydrogen-bond acceptors (Lipinski definition) is 4. The predicted molar refractivity (Wildman–Crippen MR) is 103 cm³/mol. The molecule has 1 atom stereocenters. The Balaban J connectivity index is 1.67. The summed E-state index contributed by atoms with van der Waals surface area (Å²) in [6, 6.07) is 5.80. The van der Waals surface area contributed by atoms with Crippen molar-refractivity contribution in [2.24, 2.45) is 11.7 Å². The monoisotopic (exact) mass is 415 g/mol. The summed E-state index contributed by atoms with van der Waals surface area (Å²) in [5.41, 5.74) is 1.69. The molecule has 0 aliphatic carbocycles. The lowest BCUT2D eigenvalue weighted by Crippen LogP contribution is -2.42. The molecule has 28 heavy (non-hydrogen) atoms. The van der Waals surface area contributed by atoms with Crippen LogP contribution in [0.25, 0.3) is 6.08 Å². The van der Waals surface area contributed by atoms with Crippen LogP contribution in [0.3, 0.4) is 0 Å². The summed E-state index contributed by atoms with van der Waals surface area (Å²) in [5.74, 6) is -0.609. The molecule has 1 aromatic carbocycles. The van der Waals surface area contributed by atoms with E-state index in [0.29, 0.717) is 18.7 Å². The van der Waals surface area contributed by atoms with E-state index in [4.69, 9.17) is 5.73 Å². The van der Waals surface area contributed by atoms with Crippen LogP contribution in [0.15, 0.2) is 35.2 Å². The summed E-state index contributed by atoms with van der Waals surface area (Å²) in [4.78, 5) is 25.4. The van der Waals surface area contributed by atoms with Gasteiger partial charge in [-0.25, -0.2) is 0 Å². The normalized spacial score (nSPS) is 18.3. The van der Waals surface area contributed by atoms with Crippen molar-refractivity contribution in [1.82, 2.24) is 10.2 Å². The Labute approximate surface area is 166 Å². The average Bonchev–Trinajstić information content (AvgIpc) is 2.63. The second kappa shape index (κ2) is 10.5. The highest BCUT2D eigenvalue weighted by Crippen LogP contribution is 2.36. The molecule has 2 amide bonds. The number of halogens is 3. The fourth-order valence-corrected chi connectivity index (χ4v) is 3.56. The molecule has 1 heterocycles. The van der Waals surface area contributed by atoms with E-state index in [1.165, 1.54) is 30.3 Å². The van der Waals surface area contributed by atoms with Crippen LogP contribution in [0.4, 0.5) is 13.2 Å². The predicted octanol–water partition coefficient (Wildman–Crippen LogP) is 3.02. The smallest absolute Gasteiger partial charge is 0.369 e. The standard InChI is InChI=1S/C19H24F3N3O2S/c20-19(21,22)28-16-7-4-14(5-8-16)6-9-17(26)24-10-2-12-25-11-1-3-15(13-25)18(23)27/h4-9,15H,1-3,10-13H2,(H2,23,27)(H,24,26)/b9-6+. The van der Waals surface area contributed by atoms with Gasteiger partial charge in [-0.3, -0.25) is 9.59 Å². The van der Waals surface area contributed by atoms with Gasteiger partial charge in [-0.1, -0.05) is 12.1 Å². The Kier molecular flexibility index (Phi) is 8.37. The maximum atomic E-state index is 12.3. The number of carbonyl (C=O) groups excluding carboxylic acids is 2. The first-order valence-corrected chi connectivity index (χ1v) is 9.88. The maximum absolute atomic E-state index is 12.3. The number of likely N-dealkylation sites (tertiary alicyclic amines) is 1. The number of piperidine rings is 1. The zero-order valence-corrected chi connectivity index (χ0v) is 16.2. The number of carbonyl (C=O) groups is 2. The highest BCUT2D eigenvalue weighted by molar-refractivity contribution is 8.00. The number of nitrogens with two attached hydrogens (primary N) is 1. The van der Waals surface area contributed by atoms with Crippen molar-refractivity contribution in [3.8, 4) is 0 Å². The Morgan fingerprint density at radius 1 is 1.29 bits per heavy atom. The van der Waals surface area contributed by atoms with Crippen molar-refractivity contribution in [2.75, 3.05) is 26.2 Å². The molecule has 1 saturated heterocycles. The largest absolute Gasteiger partial charge is 0.446 e. The lowest BCUT2D eigenvalue weighted by atomic mass is 9.97. The van der Waals surface area contributed by atoms with Crippen molar-refractivity contribution < 1.29 is 22.8 Å². The average molecular weight is 415 g/mol. The Bertz CT molecular complexity index is 693. The van der Waals surface area contributed by atoms with Crippen LogP contribution in [0, 0.1) is 5.92 Å². The van der Waals surface area contributed by atoms with Gasteiger partial charge in [0.25, 0.3) is 0 Å². The number of alkyl halides is 3. The third-order valence-electron chi connectivity index (χ3n) is 4.40.